The fourth-order valence-electron chi connectivity index (χ4n) is 2.35. The van der Waals surface area contributed by atoms with Gasteiger partial charge in [-0.15, -0.1) is 0 Å². The van der Waals surface area contributed by atoms with Crippen molar-refractivity contribution < 1.29 is 18.7 Å². The molecule has 122 valence electrons. The quantitative estimate of drug-likeness (QED) is 0.887. The third-order valence-corrected chi connectivity index (χ3v) is 3.63. The van der Waals surface area contributed by atoms with Crippen LogP contribution in [0.4, 0.5) is 8.78 Å². The van der Waals surface area contributed by atoms with Crippen LogP contribution in [-0.4, -0.2) is 11.0 Å². The number of carbonyl (C=O) groups excluding carboxylic acids is 1. The van der Waals surface area contributed by atoms with Crippen molar-refractivity contribution in [3.05, 3.63) is 71.3 Å². The topological polar surface area (TPSA) is 49.3 Å². The first-order chi connectivity index (χ1) is 10.8. The summed E-state index contributed by atoms with van der Waals surface area (Å²) in [5.74, 6) is -1.19. The van der Waals surface area contributed by atoms with Crippen LogP contribution in [0.15, 0.2) is 48.5 Å². The van der Waals surface area contributed by atoms with Crippen LogP contribution in [-0.2, 0) is 10.3 Å². The van der Waals surface area contributed by atoms with Crippen molar-refractivity contribution in [1.29, 1.82) is 0 Å². The van der Waals surface area contributed by atoms with Gasteiger partial charge >= 0.3 is 0 Å². The molecule has 23 heavy (non-hydrogen) atoms. The van der Waals surface area contributed by atoms with E-state index in [0.717, 1.165) is 5.56 Å². The Kier molecular flexibility index (Phi) is 5.11. The van der Waals surface area contributed by atoms with Crippen molar-refractivity contribution in [2.75, 3.05) is 0 Å². The van der Waals surface area contributed by atoms with Gasteiger partial charge in [0.2, 0.25) is 5.91 Å². The maximum Gasteiger partial charge on any atom is 0.223 e. The first-order valence-corrected chi connectivity index (χ1v) is 7.28. The second-order valence-corrected chi connectivity index (χ2v) is 5.95. The molecule has 1 unspecified atom stereocenters. The van der Waals surface area contributed by atoms with E-state index in [0.29, 0.717) is 5.56 Å². The molecule has 2 aromatic rings. The average molecular weight is 319 g/mol. The van der Waals surface area contributed by atoms with Gasteiger partial charge < -0.3 is 10.4 Å². The highest BCUT2D eigenvalue weighted by Gasteiger charge is 2.24. The largest absolute Gasteiger partial charge is 0.388 e. The van der Waals surface area contributed by atoms with Gasteiger partial charge in [0.1, 0.15) is 11.6 Å². The summed E-state index contributed by atoms with van der Waals surface area (Å²) in [5, 5.41) is 12.8. The highest BCUT2D eigenvalue weighted by molar-refractivity contribution is 5.77. The predicted octanol–water partition coefficient (Wildman–Crippen LogP) is 3.44. The number of carbonyl (C=O) groups is 1. The maximum absolute atomic E-state index is 13.1. The van der Waals surface area contributed by atoms with Crippen molar-refractivity contribution in [2.45, 2.75) is 31.9 Å². The zero-order valence-corrected chi connectivity index (χ0v) is 13.0. The summed E-state index contributed by atoms with van der Waals surface area (Å²) in [5.41, 5.74) is 0.374. The molecule has 3 nitrogen and oxygen atoms in total. The van der Waals surface area contributed by atoms with Gasteiger partial charge in [-0.25, -0.2) is 8.78 Å². The normalized spacial score (nSPS) is 12.7. The molecule has 2 N–H and O–H groups in total. The summed E-state index contributed by atoms with van der Waals surface area (Å²) < 4.78 is 26.1. The Bertz CT molecular complexity index is 684. The molecule has 0 saturated carbocycles. The number of nitrogens with one attached hydrogen (secondary N) is 1. The summed E-state index contributed by atoms with van der Waals surface area (Å²) >= 11 is 0. The number of aliphatic hydroxyl groups excluding tert-OH is 1. The fourth-order valence-corrected chi connectivity index (χ4v) is 2.35. The van der Waals surface area contributed by atoms with Crippen molar-refractivity contribution >= 4 is 5.91 Å². The lowest BCUT2D eigenvalue weighted by Gasteiger charge is -2.27. The van der Waals surface area contributed by atoms with E-state index >= 15 is 0 Å². The van der Waals surface area contributed by atoms with Gasteiger partial charge in [-0.1, -0.05) is 24.3 Å². The van der Waals surface area contributed by atoms with Gasteiger partial charge in [-0.2, -0.15) is 0 Å². The van der Waals surface area contributed by atoms with Crippen LogP contribution in [0.2, 0.25) is 0 Å². The molecule has 1 amide bonds. The van der Waals surface area contributed by atoms with E-state index in [1.165, 1.54) is 30.3 Å². The number of benzene rings is 2. The van der Waals surface area contributed by atoms with Crippen LogP contribution >= 0.6 is 0 Å². The molecule has 5 heteroatoms. The monoisotopic (exact) mass is 319 g/mol. The van der Waals surface area contributed by atoms with E-state index in [9.17, 15) is 18.7 Å². The molecule has 0 fully saturated rings. The molecule has 0 bridgehead atoms. The molecule has 0 aromatic heterocycles. The third-order valence-electron chi connectivity index (χ3n) is 3.63. The van der Waals surface area contributed by atoms with Crippen LogP contribution in [0.5, 0.6) is 0 Å². The maximum atomic E-state index is 13.1. The van der Waals surface area contributed by atoms with Gasteiger partial charge in [0, 0.05) is 0 Å². The number of aliphatic hydroxyl groups is 1. The van der Waals surface area contributed by atoms with Gasteiger partial charge in [0.15, 0.2) is 0 Å². The average Bonchev–Trinajstić information content (AvgIpc) is 2.47. The van der Waals surface area contributed by atoms with E-state index in [2.05, 4.69) is 5.32 Å². The molecule has 0 heterocycles. The Balaban J connectivity index is 2.02. The molecule has 1 atom stereocenters. The van der Waals surface area contributed by atoms with Crippen LogP contribution < -0.4 is 5.32 Å². The third kappa shape index (κ3) is 4.60. The number of rotatable bonds is 5. The minimum absolute atomic E-state index is 0.186. The Labute approximate surface area is 134 Å². The zero-order valence-electron chi connectivity index (χ0n) is 13.0. The smallest absolute Gasteiger partial charge is 0.223 e. The van der Waals surface area contributed by atoms with E-state index in [1.54, 1.807) is 32.0 Å². The summed E-state index contributed by atoms with van der Waals surface area (Å²) in [7, 11) is 0. The lowest BCUT2D eigenvalue weighted by Crippen LogP contribution is -2.41. The van der Waals surface area contributed by atoms with E-state index in [1.807, 2.05) is 0 Å². The molecular formula is C18H19F2NO2. The second-order valence-electron chi connectivity index (χ2n) is 5.95. The minimum Gasteiger partial charge on any atom is -0.388 e. The summed E-state index contributed by atoms with van der Waals surface area (Å²) in [4.78, 5) is 12.1. The number of halogens is 2. The first kappa shape index (κ1) is 17.1. The highest BCUT2D eigenvalue weighted by Crippen LogP contribution is 2.22. The van der Waals surface area contributed by atoms with Crippen molar-refractivity contribution in [2.24, 2.45) is 0 Å². The predicted molar refractivity (Wildman–Crippen MR) is 83.5 cm³/mol. The van der Waals surface area contributed by atoms with Gasteiger partial charge in [-0.05, 0) is 49.2 Å². The lowest BCUT2D eigenvalue weighted by atomic mass is 9.93. The highest BCUT2D eigenvalue weighted by atomic mass is 19.1. The molecular weight excluding hydrogens is 300 g/mol. The van der Waals surface area contributed by atoms with Crippen molar-refractivity contribution in [3.8, 4) is 0 Å². The molecule has 0 saturated heterocycles. The van der Waals surface area contributed by atoms with E-state index < -0.39 is 17.5 Å². The van der Waals surface area contributed by atoms with Gasteiger partial charge in [0.25, 0.3) is 0 Å². The van der Waals surface area contributed by atoms with Crippen LogP contribution in [0, 0.1) is 11.6 Å². The molecule has 0 aliphatic heterocycles. The first-order valence-electron chi connectivity index (χ1n) is 7.28. The fraction of sp³-hybridized carbons (Fsp3) is 0.278. The summed E-state index contributed by atoms with van der Waals surface area (Å²) in [6.45, 7) is 3.57. The second kappa shape index (κ2) is 6.87. The Morgan fingerprint density at radius 1 is 1.13 bits per heavy atom. The molecule has 2 rings (SSSR count). The van der Waals surface area contributed by atoms with Crippen molar-refractivity contribution in [3.63, 3.8) is 0 Å². The SMILES string of the molecule is CC(C)(NC(=O)CC(O)c1cccc(F)c1)c1ccc(F)cc1. The number of hydrogen-bond acceptors (Lipinski definition) is 2. The molecule has 0 radical (unpaired) electrons. The Morgan fingerprint density at radius 2 is 1.78 bits per heavy atom. The molecule has 0 aliphatic carbocycles. The number of hydrogen-bond donors (Lipinski definition) is 2. The van der Waals surface area contributed by atoms with E-state index in [4.69, 9.17) is 0 Å². The zero-order chi connectivity index (χ0) is 17.0. The summed E-state index contributed by atoms with van der Waals surface area (Å²) in [6, 6.07) is 11.4. The van der Waals surface area contributed by atoms with Gasteiger partial charge in [-0.3, -0.25) is 4.79 Å². The molecule has 0 aliphatic rings. The molecule has 2 aromatic carbocycles. The lowest BCUT2D eigenvalue weighted by molar-refractivity contribution is -0.124. The standard InChI is InChI=1S/C18H19F2NO2/c1-18(2,13-6-8-14(19)9-7-13)21-17(23)11-16(22)12-4-3-5-15(20)10-12/h3-10,16,22H,11H2,1-2H3,(H,21,23). The van der Waals surface area contributed by atoms with Crippen LogP contribution in [0.1, 0.15) is 37.5 Å². The minimum atomic E-state index is -1.09. The van der Waals surface area contributed by atoms with Crippen LogP contribution in [0.25, 0.3) is 0 Å². The molecule has 0 spiro atoms. The van der Waals surface area contributed by atoms with E-state index in [-0.39, 0.29) is 18.1 Å². The number of amides is 1. The Hall–Kier alpha value is -2.27. The van der Waals surface area contributed by atoms with Gasteiger partial charge in [0.05, 0.1) is 18.1 Å². The Morgan fingerprint density at radius 3 is 2.39 bits per heavy atom. The van der Waals surface area contributed by atoms with Crippen LogP contribution in [0.3, 0.4) is 0 Å². The summed E-state index contributed by atoms with van der Waals surface area (Å²) in [6.07, 6.45) is -1.27. The van der Waals surface area contributed by atoms with Crippen molar-refractivity contribution in [1.82, 2.24) is 5.32 Å².